The second kappa shape index (κ2) is 9.38. The molecule has 3 rings (SSSR count). The molecule has 0 saturated heterocycles. The number of hydrogen-bond donors (Lipinski definition) is 1. The Kier molecular flexibility index (Phi) is 6.65. The number of hydrazone groups is 1. The summed E-state index contributed by atoms with van der Waals surface area (Å²) in [5, 5.41) is 15.5. The Hall–Kier alpha value is -3.74. The van der Waals surface area contributed by atoms with Crippen LogP contribution in [0.2, 0.25) is 0 Å². The minimum atomic E-state index is -1.10. The highest BCUT2D eigenvalue weighted by molar-refractivity contribution is 6.16. The van der Waals surface area contributed by atoms with Crippen LogP contribution in [0, 0.1) is 12.8 Å². The number of carbonyl (C=O) groups excluding carboxylic acids is 2. The van der Waals surface area contributed by atoms with Gasteiger partial charge in [0.2, 0.25) is 0 Å². The minimum absolute atomic E-state index is 0.0297. The average Bonchev–Trinajstić information content (AvgIpc) is 3.09. The van der Waals surface area contributed by atoms with Crippen molar-refractivity contribution in [1.29, 1.82) is 0 Å². The van der Waals surface area contributed by atoms with Gasteiger partial charge in [0.1, 0.15) is 0 Å². The zero-order chi connectivity index (χ0) is 22.5. The van der Waals surface area contributed by atoms with Crippen LogP contribution in [-0.4, -0.2) is 35.8 Å². The van der Waals surface area contributed by atoms with Crippen molar-refractivity contribution < 1.29 is 24.2 Å². The normalized spacial score (nSPS) is 16.3. The zero-order valence-electron chi connectivity index (χ0n) is 17.7. The predicted molar refractivity (Wildman–Crippen MR) is 118 cm³/mol. The number of ether oxygens (including phenoxy) is 1. The summed E-state index contributed by atoms with van der Waals surface area (Å²) < 4.78 is 4.67. The highest BCUT2D eigenvalue weighted by atomic mass is 16.5. The van der Waals surface area contributed by atoms with Gasteiger partial charge < -0.3 is 9.84 Å². The summed E-state index contributed by atoms with van der Waals surface area (Å²) in [7, 11) is 1.30. The maximum atomic E-state index is 13.1. The molecule has 0 aliphatic carbocycles. The van der Waals surface area contributed by atoms with Crippen molar-refractivity contribution in [2.45, 2.75) is 26.7 Å². The van der Waals surface area contributed by atoms with Crippen molar-refractivity contribution in [1.82, 2.24) is 0 Å². The summed E-state index contributed by atoms with van der Waals surface area (Å²) in [5.74, 6) is -2.45. The van der Waals surface area contributed by atoms with Crippen LogP contribution in [-0.2, 0) is 14.3 Å². The number of rotatable bonds is 7. The maximum Gasteiger partial charge on any atom is 0.337 e. The molecule has 2 aromatic carbocycles. The van der Waals surface area contributed by atoms with Gasteiger partial charge in [-0.25, -0.2) is 14.6 Å². The number of methoxy groups -OCH3 is 1. The van der Waals surface area contributed by atoms with Crippen LogP contribution in [0.4, 0.5) is 5.69 Å². The number of nitrogens with zero attached hydrogens (tertiary/aromatic N) is 2. The molecule has 7 nitrogen and oxygen atoms in total. The number of aryl methyl sites for hydroxylation is 1. The number of carboxylic acid groups (broad SMARTS) is 1. The summed E-state index contributed by atoms with van der Waals surface area (Å²) in [6.45, 7) is 3.86. The van der Waals surface area contributed by atoms with Gasteiger partial charge in [-0.15, -0.1) is 0 Å². The van der Waals surface area contributed by atoms with E-state index in [2.05, 4.69) is 9.84 Å². The van der Waals surface area contributed by atoms with Gasteiger partial charge in [-0.3, -0.25) is 4.79 Å². The minimum Gasteiger partial charge on any atom is -0.478 e. The van der Waals surface area contributed by atoms with Crippen molar-refractivity contribution in [3.05, 3.63) is 70.8 Å². The second-order valence-electron chi connectivity index (χ2n) is 7.28. The smallest absolute Gasteiger partial charge is 0.337 e. The summed E-state index contributed by atoms with van der Waals surface area (Å²) in [4.78, 5) is 36.5. The van der Waals surface area contributed by atoms with E-state index in [1.807, 2.05) is 38.1 Å². The van der Waals surface area contributed by atoms with Gasteiger partial charge in [-0.2, -0.15) is 5.10 Å². The first-order valence-electron chi connectivity index (χ1n) is 9.94. The second-order valence-corrected chi connectivity index (χ2v) is 7.28. The van der Waals surface area contributed by atoms with E-state index < -0.39 is 17.9 Å². The van der Waals surface area contributed by atoms with Crippen molar-refractivity contribution in [3.63, 3.8) is 0 Å². The molecule has 0 spiro atoms. The van der Waals surface area contributed by atoms with Crippen molar-refractivity contribution in [2.75, 3.05) is 12.1 Å². The molecule has 1 atom stereocenters. The molecule has 1 unspecified atom stereocenters. The Morgan fingerprint density at radius 2 is 1.77 bits per heavy atom. The Balaban J connectivity index is 1.85. The zero-order valence-corrected chi connectivity index (χ0v) is 17.7. The number of esters is 1. The third-order valence-corrected chi connectivity index (χ3v) is 5.15. The molecule has 1 heterocycles. The summed E-state index contributed by atoms with van der Waals surface area (Å²) in [5.41, 5.74) is 3.46. The highest BCUT2D eigenvalue weighted by Gasteiger charge is 2.37. The van der Waals surface area contributed by atoms with E-state index >= 15 is 0 Å². The summed E-state index contributed by atoms with van der Waals surface area (Å²) >= 11 is 0. The number of aliphatic carboxylic acids is 1. The van der Waals surface area contributed by atoms with Crippen LogP contribution < -0.4 is 5.01 Å². The number of carboxylic acids is 1. The first kappa shape index (κ1) is 22.0. The fourth-order valence-corrected chi connectivity index (χ4v) is 3.39. The third-order valence-electron chi connectivity index (χ3n) is 5.15. The standard InChI is InChI=1S/C24H24N2O5/c1-4-21-20(22(27)26(25-21)19-11-5-15(2)6-12-19)14-18(23(28)29)13-16-7-9-17(10-8-16)24(30)31-3/h5-13,20H,4,14H2,1-3H3,(H,28,29). The fourth-order valence-electron chi connectivity index (χ4n) is 3.39. The van der Waals surface area contributed by atoms with Gasteiger partial charge in [0.25, 0.3) is 5.91 Å². The molecule has 0 aromatic heterocycles. The van der Waals surface area contributed by atoms with E-state index in [1.165, 1.54) is 18.2 Å². The van der Waals surface area contributed by atoms with E-state index in [9.17, 15) is 19.5 Å². The number of hydrogen-bond acceptors (Lipinski definition) is 5. The molecule has 0 bridgehead atoms. The number of benzene rings is 2. The van der Waals surface area contributed by atoms with Gasteiger partial charge >= 0.3 is 11.9 Å². The molecule has 1 amide bonds. The quantitative estimate of drug-likeness (QED) is 0.538. The van der Waals surface area contributed by atoms with E-state index in [0.29, 0.717) is 28.9 Å². The molecule has 1 aliphatic heterocycles. The van der Waals surface area contributed by atoms with Gasteiger partial charge in [0.05, 0.1) is 30.0 Å². The largest absolute Gasteiger partial charge is 0.478 e. The molecule has 31 heavy (non-hydrogen) atoms. The molecule has 1 N–H and O–H groups in total. The van der Waals surface area contributed by atoms with Crippen molar-refractivity contribution >= 4 is 35.3 Å². The first-order chi connectivity index (χ1) is 14.8. The number of carbonyl (C=O) groups is 3. The van der Waals surface area contributed by atoms with Gasteiger partial charge in [-0.1, -0.05) is 36.8 Å². The molecule has 7 heteroatoms. The summed E-state index contributed by atoms with van der Waals surface area (Å²) in [6, 6.07) is 13.9. The molecule has 0 fully saturated rings. The van der Waals surface area contributed by atoms with Crippen LogP contribution in [0.3, 0.4) is 0 Å². The summed E-state index contributed by atoms with van der Waals surface area (Å²) in [6.07, 6.45) is 2.08. The van der Waals surface area contributed by atoms with Crippen LogP contribution >= 0.6 is 0 Å². The van der Waals surface area contributed by atoms with Crippen molar-refractivity contribution in [3.8, 4) is 0 Å². The molecule has 0 saturated carbocycles. The Morgan fingerprint density at radius 1 is 1.13 bits per heavy atom. The Morgan fingerprint density at radius 3 is 2.32 bits per heavy atom. The van der Waals surface area contributed by atoms with Gasteiger partial charge in [0, 0.05) is 5.57 Å². The Labute approximate surface area is 180 Å². The van der Waals surface area contributed by atoms with E-state index in [1.54, 1.807) is 24.3 Å². The molecule has 1 aliphatic rings. The predicted octanol–water partition coefficient (Wildman–Crippen LogP) is 4.07. The number of amides is 1. The SMILES string of the molecule is CCC1=NN(c2ccc(C)cc2)C(=O)C1CC(=Cc1ccc(C(=O)OC)cc1)C(=O)O. The van der Waals surface area contributed by atoms with Crippen LogP contribution in [0.1, 0.15) is 41.3 Å². The van der Waals surface area contributed by atoms with E-state index in [0.717, 1.165) is 5.56 Å². The lowest BCUT2D eigenvalue weighted by atomic mass is 9.92. The molecule has 0 radical (unpaired) electrons. The lowest BCUT2D eigenvalue weighted by Crippen LogP contribution is -2.28. The highest BCUT2D eigenvalue weighted by Crippen LogP contribution is 2.30. The molecular weight excluding hydrogens is 396 g/mol. The topological polar surface area (TPSA) is 96.3 Å². The number of anilines is 1. The average molecular weight is 420 g/mol. The fraction of sp³-hybridized carbons (Fsp3) is 0.250. The van der Waals surface area contributed by atoms with Crippen LogP contribution in [0.25, 0.3) is 6.08 Å². The molecule has 160 valence electrons. The maximum absolute atomic E-state index is 13.1. The van der Waals surface area contributed by atoms with Crippen LogP contribution in [0.15, 0.2) is 59.2 Å². The molecular formula is C24H24N2O5. The van der Waals surface area contributed by atoms with E-state index in [4.69, 9.17) is 0 Å². The van der Waals surface area contributed by atoms with Gasteiger partial charge in [0.15, 0.2) is 0 Å². The lowest BCUT2D eigenvalue weighted by Gasteiger charge is -2.15. The molecule has 2 aromatic rings. The third kappa shape index (κ3) is 4.88. The lowest BCUT2D eigenvalue weighted by molar-refractivity contribution is -0.132. The van der Waals surface area contributed by atoms with Gasteiger partial charge in [-0.05, 0) is 55.7 Å². The first-order valence-corrected chi connectivity index (χ1v) is 9.94. The Bertz CT molecular complexity index is 1050. The van der Waals surface area contributed by atoms with Crippen molar-refractivity contribution in [2.24, 2.45) is 11.0 Å². The van der Waals surface area contributed by atoms with E-state index in [-0.39, 0.29) is 17.9 Å². The van der Waals surface area contributed by atoms with Crippen LogP contribution in [0.5, 0.6) is 0 Å². The monoisotopic (exact) mass is 420 g/mol.